The van der Waals surface area contributed by atoms with E-state index in [1.165, 1.54) is 12.5 Å². The summed E-state index contributed by atoms with van der Waals surface area (Å²) in [4.78, 5) is 28.4. The van der Waals surface area contributed by atoms with Crippen LogP contribution in [0.4, 0.5) is 4.39 Å². The molecule has 1 amide bonds. The monoisotopic (exact) mass is 411 g/mol. The van der Waals surface area contributed by atoms with E-state index in [4.69, 9.17) is 0 Å². The Bertz CT molecular complexity index is 808. The maximum atomic E-state index is 15.0. The smallest absolute Gasteiger partial charge is 0.217 e. The minimum Gasteiger partial charge on any atom is -0.346 e. The standard InChI is InChI=1S/C24H30FN3O2/c1-19(29)26-22(24(30)21-10-6-3-7-11-21)18-23(25)28-16-14-27(15-17-28)13-12-20-8-4-2-5-9-20/h2-11,22-23H,12-18H2,1H3,(H,26,29). The highest BCUT2D eigenvalue weighted by atomic mass is 19.1. The highest BCUT2D eigenvalue weighted by Crippen LogP contribution is 2.16. The van der Waals surface area contributed by atoms with Crippen molar-refractivity contribution >= 4 is 11.7 Å². The second-order valence-electron chi connectivity index (χ2n) is 7.77. The quantitative estimate of drug-likeness (QED) is 0.509. The molecule has 1 saturated heterocycles. The molecule has 1 heterocycles. The second-order valence-corrected chi connectivity index (χ2v) is 7.77. The SMILES string of the molecule is CC(=O)NC(CC(F)N1CCN(CCc2ccccc2)CC1)C(=O)c1ccccc1. The fraction of sp³-hybridized carbons (Fsp3) is 0.417. The number of piperazine rings is 1. The molecule has 1 fully saturated rings. The van der Waals surface area contributed by atoms with Crippen LogP contribution in [0.2, 0.25) is 0 Å². The molecule has 160 valence electrons. The molecule has 2 aromatic carbocycles. The molecule has 30 heavy (non-hydrogen) atoms. The third kappa shape index (κ3) is 6.47. The highest BCUT2D eigenvalue weighted by molar-refractivity contribution is 6.01. The molecule has 0 radical (unpaired) electrons. The number of ketones is 1. The third-order valence-electron chi connectivity index (χ3n) is 5.55. The molecular weight excluding hydrogens is 381 g/mol. The van der Waals surface area contributed by atoms with Crippen molar-refractivity contribution in [2.45, 2.75) is 32.1 Å². The summed E-state index contributed by atoms with van der Waals surface area (Å²) in [6.07, 6.45) is -0.335. The molecule has 2 atom stereocenters. The molecule has 3 rings (SSSR count). The van der Waals surface area contributed by atoms with E-state index in [2.05, 4.69) is 22.3 Å². The summed E-state index contributed by atoms with van der Waals surface area (Å²) < 4.78 is 15.0. The van der Waals surface area contributed by atoms with Crippen LogP contribution in [0.15, 0.2) is 60.7 Å². The van der Waals surface area contributed by atoms with Gasteiger partial charge in [0.05, 0.1) is 6.04 Å². The van der Waals surface area contributed by atoms with E-state index < -0.39 is 12.3 Å². The zero-order chi connectivity index (χ0) is 21.3. The van der Waals surface area contributed by atoms with Gasteiger partial charge in [-0.25, -0.2) is 4.39 Å². The zero-order valence-electron chi connectivity index (χ0n) is 17.5. The minimum absolute atomic E-state index is 0.0443. The van der Waals surface area contributed by atoms with Gasteiger partial charge in [-0.15, -0.1) is 0 Å². The molecule has 5 nitrogen and oxygen atoms in total. The number of nitrogens with zero attached hydrogens (tertiary/aromatic N) is 2. The number of benzene rings is 2. The van der Waals surface area contributed by atoms with Crippen LogP contribution in [0.25, 0.3) is 0 Å². The third-order valence-corrected chi connectivity index (χ3v) is 5.55. The van der Waals surface area contributed by atoms with Crippen LogP contribution in [0.5, 0.6) is 0 Å². The number of hydrogen-bond donors (Lipinski definition) is 1. The van der Waals surface area contributed by atoms with Crippen LogP contribution >= 0.6 is 0 Å². The Morgan fingerprint density at radius 2 is 1.57 bits per heavy atom. The number of nitrogens with one attached hydrogen (secondary N) is 1. The average molecular weight is 412 g/mol. The number of halogens is 1. The lowest BCUT2D eigenvalue weighted by molar-refractivity contribution is -0.119. The molecule has 2 aromatic rings. The first-order valence-corrected chi connectivity index (χ1v) is 10.5. The van der Waals surface area contributed by atoms with Gasteiger partial charge in [0.25, 0.3) is 0 Å². The van der Waals surface area contributed by atoms with Gasteiger partial charge in [0.1, 0.15) is 0 Å². The first-order valence-electron chi connectivity index (χ1n) is 10.5. The van der Waals surface area contributed by atoms with Crippen LogP contribution in [0.3, 0.4) is 0 Å². The Labute approximate surface area is 177 Å². The van der Waals surface area contributed by atoms with Crippen molar-refractivity contribution in [3.63, 3.8) is 0 Å². The fourth-order valence-corrected chi connectivity index (χ4v) is 3.82. The number of amides is 1. The zero-order valence-corrected chi connectivity index (χ0v) is 17.5. The molecule has 2 unspecified atom stereocenters. The summed E-state index contributed by atoms with van der Waals surface area (Å²) in [6, 6.07) is 18.2. The average Bonchev–Trinajstić information content (AvgIpc) is 2.78. The second kappa shape index (κ2) is 11.0. The van der Waals surface area contributed by atoms with Crippen molar-refractivity contribution in [2.75, 3.05) is 32.7 Å². The van der Waals surface area contributed by atoms with Crippen LogP contribution in [0.1, 0.15) is 29.3 Å². The van der Waals surface area contributed by atoms with Crippen molar-refractivity contribution in [2.24, 2.45) is 0 Å². The lowest BCUT2D eigenvalue weighted by Crippen LogP contribution is -2.52. The molecule has 6 heteroatoms. The van der Waals surface area contributed by atoms with Crippen LogP contribution in [0, 0.1) is 0 Å². The summed E-state index contributed by atoms with van der Waals surface area (Å²) in [7, 11) is 0. The largest absolute Gasteiger partial charge is 0.346 e. The van der Waals surface area contributed by atoms with E-state index >= 15 is 4.39 Å². The summed E-state index contributed by atoms with van der Waals surface area (Å²) >= 11 is 0. The number of alkyl halides is 1. The van der Waals surface area contributed by atoms with Crippen molar-refractivity contribution < 1.29 is 14.0 Å². The lowest BCUT2D eigenvalue weighted by atomic mass is 10.0. The van der Waals surface area contributed by atoms with Crippen LogP contribution < -0.4 is 5.32 Å². The Morgan fingerprint density at radius 1 is 0.967 bits per heavy atom. The minimum atomic E-state index is -1.27. The number of carbonyl (C=O) groups is 2. The molecule has 0 aromatic heterocycles. The lowest BCUT2D eigenvalue weighted by Gasteiger charge is -2.37. The van der Waals surface area contributed by atoms with Gasteiger partial charge in [-0.2, -0.15) is 0 Å². The molecule has 1 aliphatic rings. The van der Waals surface area contributed by atoms with E-state index in [9.17, 15) is 9.59 Å². The van der Waals surface area contributed by atoms with E-state index in [1.807, 2.05) is 24.3 Å². The van der Waals surface area contributed by atoms with Crippen LogP contribution in [-0.2, 0) is 11.2 Å². The van der Waals surface area contributed by atoms with Gasteiger partial charge in [-0.3, -0.25) is 14.5 Å². The summed E-state index contributed by atoms with van der Waals surface area (Å²) in [5, 5.41) is 2.63. The van der Waals surface area contributed by atoms with Crippen LogP contribution in [-0.4, -0.2) is 66.6 Å². The molecular formula is C24H30FN3O2. The van der Waals surface area contributed by atoms with Gasteiger partial charge >= 0.3 is 0 Å². The van der Waals surface area contributed by atoms with Gasteiger partial charge in [-0.1, -0.05) is 60.7 Å². The van der Waals surface area contributed by atoms with Gasteiger partial charge < -0.3 is 10.2 Å². The van der Waals surface area contributed by atoms with E-state index in [1.54, 1.807) is 29.2 Å². The highest BCUT2D eigenvalue weighted by Gasteiger charge is 2.30. The Kier molecular flexibility index (Phi) is 8.11. The predicted octanol–water partition coefficient (Wildman–Crippen LogP) is 2.92. The van der Waals surface area contributed by atoms with E-state index in [0.29, 0.717) is 18.7 Å². The maximum Gasteiger partial charge on any atom is 0.217 e. The van der Waals surface area contributed by atoms with Crippen molar-refractivity contribution in [3.05, 3.63) is 71.8 Å². The van der Waals surface area contributed by atoms with Gasteiger partial charge in [-0.05, 0) is 12.0 Å². The number of hydrogen-bond acceptors (Lipinski definition) is 4. The topological polar surface area (TPSA) is 52.7 Å². The molecule has 1 aliphatic heterocycles. The van der Waals surface area contributed by atoms with Gasteiger partial charge in [0.15, 0.2) is 12.1 Å². The van der Waals surface area contributed by atoms with Crippen molar-refractivity contribution in [3.8, 4) is 0 Å². The fourth-order valence-electron chi connectivity index (χ4n) is 3.82. The van der Waals surface area contributed by atoms with Gasteiger partial charge in [0, 0.05) is 51.6 Å². The molecule has 0 spiro atoms. The Morgan fingerprint density at radius 3 is 2.17 bits per heavy atom. The predicted molar refractivity (Wildman–Crippen MR) is 116 cm³/mol. The van der Waals surface area contributed by atoms with Gasteiger partial charge in [0.2, 0.25) is 5.91 Å². The maximum absolute atomic E-state index is 15.0. The Balaban J connectivity index is 1.50. The van der Waals surface area contributed by atoms with E-state index in [0.717, 1.165) is 26.1 Å². The summed E-state index contributed by atoms with van der Waals surface area (Å²) in [5.74, 6) is -0.586. The number of Topliss-reactive ketones (excluding diaryl/α,β-unsaturated/α-hetero) is 1. The molecule has 0 aliphatic carbocycles. The molecule has 0 saturated carbocycles. The van der Waals surface area contributed by atoms with Crippen molar-refractivity contribution in [1.29, 1.82) is 0 Å². The molecule has 0 bridgehead atoms. The Hall–Kier alpha value is -2.57. The number of carbonyl (C=O) groups excluding carboxylic acids is 2. The summed E-state index contributed by atoms with van der Waals surface area (Å²) in [5.41, 5.74) is 1.79. The number of rotatable bonds is 9. The van der Waals surface area contributed by atoms with Crippen molar-refractivity contribution in [1.82, 2.24) is 15.1 Å². The molecule has 1 N–H and O–H groups in total. The van der Waals surface area contributed by atoms with E-state index in [-0.39, 0.29) is 18.1 Å². The summed E-state index contributed by atoms with van der Waals surface area (Å²) in [6.45, 7) is 5.12. The first-order chi connectivity index (χ1) is 14.5. The normalized spacial score (nSPS) is 17.3. The first kappa shape index (κ1) is 22.1.